The van der Waals surface area contributed by atoms with Crippen molar-refractivity contribution in [3.8, 4) is 22.8 Å². The number of pyridine rings is 1. The summed E-state index contributed by atoms with van der Waals surface area (Å²) in [5.41, 5.74) is 0.0115. The highest BCUT2D eigenvalue weighted by Gasteiger charge is 2.42. The predicted molar refractivity (Wildman–Crippen MR) is 131 cm³/mol. The number of aromatic hydroxyl groups is 1. The van der Waals surface area contributed by atoms with Gasteiger partial charge in [-0.1, -0.05) is 24.6 Å². The number of rotatable bonds is 2. The van der Waals surface area contributed by atoms with Crippen LogP contribution in [0.2, 0.25) is 5.02 Å². The van der Waals surface area contributed by atoms with Crippen LogP contribution in [0.3, 0.4) is 0 Å². The van der Waals surface area contributed by atoms with Gasteiger partial charge in [0.2, 0.25) is 0 Å². The van der Waals surface area contributed by atoms with E-state index < -0.39 is 18.0 Å². The van der Waals surface area contributed by atoms with Crippen LogP contribution in [-0.2, 0) is 0 Å². The number of phenols is 1. The van der Waals surface area contributed by atoms with Crippen molar-refractivity contribution in [3.05, 3.63) is 34.6 Å². The van der Waals surface area contributed by atoms with Crippen LogP contribution in [0, 0.1) is 11.7 Å². The molecule has 3 aliphatic heterocycles. The molecule has 3 atom stereocenters. The first kappa shape index (κ1) is 24.4. The van der Waals surface area contributed by atoms with Gasteiger partial charge in [0, 0.05) is 32.2 Å². The van der Waals surface area contributed by atoms with Crippen LogP contribution in [0.25, 0.3) is 11.3 Å². The van der Waals surface area contributed by atoms with E-state index >= 15 is 0 Å². The van der Waals surface area contributed by atoms with E-state index in [-0.39, 0.29) is 71.5 Å². The molecule has 1 aromatic carbocycles. The summed E-state index contributed by atoms with van der Waals surface area (Å²) in [7, 11) is 0. The van der Waals surface area contributed by atoms with E-state index in [0.717, 1.165) is 12.8 Å². The number of fused-ring (bicyclic) bond motifs is 2. The van der Waals surface area contributed by atoms with Gasteiger partial charge in [0.1, 0.15) is 40.3 Å². The molecule has 2 fully saturated rings. The van der Waals surface area contributed by atoms with E-state index in [1.54, 1.807) is 4.90 Å². The van der Waals surface area contributed by atoms with Gasteiger partial charge in [-0.15, -0.1) is 0 Å². The van der Waals surface area contributed by atoms with E-state index in [1.165, 1.54) is 23.1 Å². The molecule has 2 unspecified atom stereocenters. The second-order valence-electron chi connectivity index (χ2n) is 9.68. The highest BCUT2D eigenvalue weighted by Crippen LogP contribution is 2.47. The third kappa shape index (κ3) is 3.97. The Morgan fingerprint density at radius 1 is 1.19 bits per heavy atom. The molecular weight excluding hydrogens is 491 g/mol. The monoisotopic (exact) mass is 518 g/mol. The third-order valence-electron chi connectivity index (χ3n) is 7.60. The molecule has 2 amide bonds. The van der Waals surface area contributed by atoms with Crippen LogP contribution in [0.1, 0.15) is 37.0 Å². The van der Waals surface area contributed by atoms with Gasteiger partial charge in [-0.3, -0.25) is 4.79 Å². The molecule has 0 radical (unpaired) electrons. The van der Waals surface area contributed by atoms with Gasteiger partial charge < -0.3 is 29.6 Å². The molecule has 11 heteroatoms. The third-order valence-corrected chi connectivity index (χ3v) is 7.95. The zero-order valence-electron chi connectivity index (χ0n) is 20.1. The quantitative estimate of drug-likeness (QED) is 0.617. The summed E-state index contributed by atoms with van der Waals surface area (Å²) in [6.07, 6.45) is 0.857. The van der Waals surface area contributed by atoms with Crippen molar-refractivity contribution >= 4 is 29.4 Å². The second kappa shape index (κ2) is 9.31. The molecule has 2 aromatic rings. The minimum absolute atomic E-state index is 0.00808. The maximum atomic E-state index is 14.9. The maximum absolute atomic E-state index is 14.9. The number of ether oxygens (including phenoxy) is 1. The summed E-state index contributed by atoms with van der Waals surface area (Å²) in [5, 5.41) is 19.9. The first-order valence-corrected chi connectivity index (χ1v) is 12.5. The number of nitrogens with zero attached hydrogens (tertiary/aromatic N) is 4. The van der Waals surface area contributed by atoms with Gasteiger partial charge in [-0.05, 0) is 37.8 Å². The Morgan fingerprint density at radius 2 is 1.97 bits per heavy atom. The van der Waals surface area contributed by atoms with Gasteiger partial charge in [-0.25, -0.2) is 14.2 Å². The summed E-state index contributed by atoms with van der Waals surface area (Å²) in [6, 6.07) is 3.46. The first-order valence-electron chi connectivity index (χ1n) is 12.1. The number of hydrogen-bond donors (Lipinski definition) is 2. The molecule has 0 bridgehead atoms. The summed E-state index contributed by atoms with van der Waals surface area (Å²) in [6.45, 7) is 5.34. The number of aromatic nitrogens is 1. The van der Waals surface area contributed by atoms with Crippen LogP contribution in [0.4, 0.5) is 15.0 Å². The van der Waals surface area contributed by atoms with Crippen LogP contribution in [0.15, 0.2) is 18.2 Å². The predicted octanol–water partition coefficient (Wildman–Crippen LogP) is 4.07. The number of carbonyl (C=O) groups is 2. The van der Waals surface area contributed by atoms with Crippen LogP contribution in [-0.4, -0.2) is 81.9 Å². The standard InChI is InChI=1S/C25H28ClFN4O5/c1-13-5-4-8-30(14(13)2)23-19-22(20(26)21(28-23)18-16(27)6-3-7-17(18)32)36-12-15-11-29(25(34)35)9-10-31(15)24(19)33/h3,6-7,13-15,32H,4-5,8-12H2,1-2H3,(H,34,35)/t13?,14?,15-/m1/s1. The molecule has 0 aliphatic carbocycles. The average Bonchev–Trinajstić information content (AvgIpc) is 2.99. The fourth-order valence-corrected chi connectivity index (χ4v) is 5.66. The Kier molecular flexibility index (Phi) is 6.32. The number of piperazine rings is 1. The fraction of sp³-hybridized carbons (Fsp3) is 0.480. The second-order valence-corrected chi connectivity index (χ2v) is 10.1. The fourth-order valence-electron chi connectivity index (χ4n) is 5.38. The molecule has 192 valence electrons. The highest BCUT2D eigenvalue weighted by molar-refractivity contribution is 6.35. The molecule has 4 heterocycles. The molecule has 0 saturated carbocycles. The van der Waals surface area contributed by atoms with E-state index in [4.69, 9.17) is 21.3 Å². The van der Waals surface area contributed by atoms with Crippen molar-refractivity contribution in [3.63, 3.8) is 0 Å². The minimum Gasteiger partial charge on any atom is -0.507 e. The molecule has 9 nitrogen and oxygen atoms in total. The van der Waals surface area contributed by atoms with E-state index in [1.807, 2.05) is 4.90 Å². The molecule has 36 heavy (non-hydrogen) atoms. The van der Waals surface area contributed by atoms with Crippen molar-refractivity contribution in [2.75, 3.05) is 37.7 Å². The number of piperidine rings is 1. The lowest BCUT2D eigenvalue weighted by atomic mass is 9.91. The van der Waals surface area contributed by atoms with Crippen molar-refractivity contribution in [2.24, 2.45) is 5.92 Å². The number of carboxylic acid groups (broad SMARTS) is 1. The van der Waals surface area contributed by atoms with Crippen LogP contribution in [0.5, 0.6) is 11.5 Å². The summed E-state index contributed by atoms with van der Waals surface area (Å²) < 4.78 is 21.0. The lowest BCUT2D eigenvalue weighted by Gasteiger charge is -2.41. The zero-order valence-corrected chi connectivity index (χ0v) is 20.8. The van der Waals surface area contributed by atoms with Gasteiger partial charge in [-0.2, -0.15) is 0 Å². The zero-order chi connectivity index (χ0) is 25.7. The normalized spacial score (nSPS) is 24.1. The summed E-state index contributed by atoms with van der Waals surface area (Å²) in [4.78, 5) is 35.1. The highest BCUT2D eigenvalue weighted by atomic mass is 35.5. The number of anilines is 1. The van der Waals surface area contributed by atoms with Crippen molar-refractivity contribution in [1.82, 2.24) is 14.8 Å². The Hall–Kier alpha value is -3.27. The Bertz CT molecular complexity index is 1210. The lowest BCUT2D eigenvalue weighted by Crippen LogP contribution is -2.57. The first-order chi connectivity index (χ1) is 17.2. The minimum atomic E-state index is -1.06. The van der Waals surface area contributed by atoms with E-state index in [9.17, 15) is 24.2 Å². The number of hydrogen-bond acceptors (Lipinski definition) is 6. The Morgan fingerprint density at radius 3 is 2.69 bits per heavy atom. The smallest absolute Gasteiger partial charge is 0.407 e. The van der Waals surface area contributed by atoms with Crippen LogP contribution >= 0.6 is 11.6 Å². The summed E-state index contributed by atoms with van der Waals surface area (Å²) in [5.74, 6) is -0.652. The number of halogens is 2. The van der Waals surface area contributed by atoms with E-state index in [2.05, 4.69) is 13.8 Å². The van der Waals surface area contributed by atoms with Crippen molar-refractivity contribution in [2.45, 2.75) is 38.8 Å². The molecule has 1 aromatic heterocycles. The Labute approximate surface area is 213 Å². The molecule has 2 N–H and O–H groups in total. The number of benzene rings is 1. The average molecular weight is 519 g/mol. The SMILES string of the molecule is CC1CCCN(c2nc(-c3c(O)cccc3F)c(Cl)c3c2C(=O)N2CCN(C(=O)O)C[C@@H]2CO3)C1C. The van der Waals surface area contributed by atoms with Crippen molar-refractivity contribution in [1.29, 1.82) is 0 Å². The lowest BCUT2D eigenvalue weighted by molar-refractivity contribution is 0.0390. The van der Waals surface area contributed by atoms with Crippen LogP contribution < -0.4 is 9.64 Å². The topological polar surface area (TPSA) is 106 Å². The number of carbonyl (C=O) groups excluding carboxylic acids is 1. The maximum Gasteiger partial charge on any atom is 0.407 e. The molecule has 0 spiro atoms. The number of amides is 2. The van der Waals surface area contributed by atoms with Gasteiger partial charge in [0.15, 0.2) is 5.75 Å². The van der Waals surface area contributed by atoms with Crippen molar-refractivity contribution < 1.29 is 28.9 Å². The van der Waals surface area contributed by atoms with Gasteiger partial charge >= 0.3 is 6.09 Å². The molecular formula is C25H28ClFN4O5. The molecule has 3 aliphatic rings. The number of phenolic OH excluding ortho intramolecular Hbond substituents is 1. The largest absolute Gasteiger partial charge is 0.507 e. The van der Waals surface area contributed by atoms with Gasteiger partial charge in [0.25, 0.3) is 5.91 Å². The van der Waals surface area contributed by atoms with E-state index in [0.29, 0.717) is 18.3 Å². The molecule has 2 saturated heterocycles. The van der Waals surface area contributed by atoms with Gasteiger partial charge in [0.05, 0.1) is 11.6 Å². The Balaban J connectivity index is 1.70. The summed E-state index contributed by atoms with van der Waals surface area (Å²) >= 11 is 6.74. The molecule has 5 rings (SSSR count).